The molecule has 0 aliphatic heterocycles. The predicted molar refractivity (Wildman–Crippen MR) is 114 cm³/mol. The summed E-state index contributed by atoms with van der Waals surface area (Å²) in [6, 6.07) is 9.56. The average Bonchev–Trinajstić information content (AvgIpc) is 2.61. The van der Waals surface area contributed by atoms with E-state index in [0.29, 0.717) is 16.9 Å². The summed E-state index contributed by atoms with van der Waals surface area (Å²) in [5.74, 6) is -0.884. The zero-order valence-electron chi connectivity index (χ0n) is 17.0. The highest BCUT2D eigenvalue weighted by Crippen LogP contribution is 2.32. The third-order valence-corrected chi connectivity index (χ3v) is 4.07. The molecule has 0 aliphatic rings. The molecule has 3 amide bonds. The Labute approximate surface area is 174 Å². The summed E-state index contributed by atoms with van der Waals surface area (Å²) in [5.41, 5.74) is 0.749. The number of carbonyl (C=O) groups is 3. The fourth-order valence-electron chi connectivity index (χ4n) is 2.57. The second kappa shape index (κ2) is 8.96. The molecular weight excluding hydrogens is 394 g/mol. The van der Waals surface area contributed by atoms with Gasteiger partial charge in [0, 0.05) is 18.5 Å². The van der Waals surface area contributed by atoms with E-state index in [-0.39, 0.29) is 28.1 Å². The Bertz CT molecular complexity index is 951. The molecular formula is C21H24ClN3O4. The van der Waals surface area contributed by atoms with Gasteiger partial charge in [-0.25, -0.2) is 0 Å². The van der Waals surface area contributed by atoms with Crippen LogP contribution in [0.25, 0.3) is 0 Å². The van der Waals surface area contributed by atoms with Gasteiger partial charge < -0.3 is 20.7 Å². The topological polar surface area (TPSA) is 96.5 Å². The number of anilines is 2. The number of halogens is 1. The van der Waals surface area contributed by atoms with Gasteiger partial charge in [0.05, 0.1) is 34.6 Å². The molecule has 0 bridgehead atoms. The maximum absolute atomic E-state index is 12.9. The Morgan fingerprint density at radius 2 is 1.59 bits per heavy atom. The molecule has 0 radical (unpaired) electrons. The largest absolute Gasteiger partial charge is 0.496 e. The lowest BCUT2D eigenvalue weighted by molar-refractivity contribution is -0.114. The maximum atomic E-state index is 12.9. The van der Waals surface area contributed by atoms with Gasteiger partial charge in [0.25, 0.3) is 11.8 Å². The van der Waals surface area contributed by atoms with Gasteiger partial charge in [0.2, 0.25) is 5.91 Å². The lowest BCUT2D eigenvalue weighted by atomic mass is 10.1. The van der Waals surface area contributed by atoms with Gasteiger partial charge in [-0.1, -0.05) is 23.7 Å². The van der Waals surface area contributed by atoms with E-state index in [1.807, 2.05) is 20.8 Å². The van der Waals surface area contributed by atoms with Crippen molar-refractivity contribution in [3.8, 4) is 5.75 Å². The molecule has 0 atom stereocenters. The van der Waals surface area contributed by atoms with E-state index in [1.165, 1.54) is 26.2 Å². The number of hydrogen-bond acceptors (Lipinski definition) is 4. The molecule has 8 heteroatoms. The third-order valence-electron chi connectivity index (χ3n) is 3.75. The Hall–Kier alpha value is -3.06. The number of rotatable bonds is 5. The average molecular weight is 418 g/mol. The van der Waals surface area contributed by atoms with E-state index in [2.05, 4.69) is 16.0 Å². The number of benzene rings is 2. The van der Waals surface area contributed by atoms with Crippen LogP contribution in [0.3, 0.4) is 0 Å². The SMILES string of the molecule is COc1cc(NC(C)=O)c(Cl)cc1C(=O)Nc1ccccc1C(=O)NC(C)(C)C. The maximum Gasteiger partial charge on any atom is 0.259 e. The molecule has 0 fully saturated rings. The number of para-hydroxylation sites is 1. The number of hydrogen-bond donors (Lipinski definition) is 3. The number of carbonyl (C=O) groups excluding carboxylic acids is 3. The minimum atomic E-state index is -0.505. The summed E-state index contributed by atoms with van der Waals surface area (Å²) in [4.78, 5) is 36.7. The van der Waals surface area contributed by atoms with Crippen molar-refractivity contribution in [3.05, 3.63) is 52.5 Å². The van der Waals surface area contributed by atoms with Crippen molar-refractivity contribution in [2.75, 3.05) is 17.7 Å². The van der Waals surface area contributed by atoms with Crippen molar-refractivity contribution in [3.63, 3.8) is 0 Å². The lowest BCUT2D eigenvalue weighted by Crippen LogP contribution is -2.40. The second-order valence-electron chi connectivity index (χ2n) is 7.42. The Balaban J connectivity index is 2.35. The highest BCUT2D eigenvalue weighted by molar-refractivity contribution is 6.34. The smallest absolute Gasteiger partial charge is 0.259 e. The van der Waals surface area contributed by atoms with Gasteiger partial charge in [-0.15, -0.1) is 0 Å². The highest BCUT2D eigenvalue weighted by atomic mass is 35.5. The quantitative estimate of drug-likeness (QED) is 0.682. The van der Waals surface area contributed by atoms with Crippen LogP contribution in [-0.4, -0.2) is 30.4 Å². The van der Waals surface area contributed by atoms with E-state index in [9.17, 15) is 14.4 Å². The first kappa shape index (κ1) is 22.2. The highest BCUT2D eigenvalue weighted by Gasteiger charge is 2.21. The fourth-order valence-corrected chi connectivity index (χ4v) is 2.78. The zero-order chi connectivity index (χ0) is 21.8. The second-order valence-corrected chi connectivity index (χ2v) is 7.82. The van der Waals surface area contributed by atoms with Crippen LogP contribution in [0.1, 0.15) is 48.4 Å². The van der Waals surface area contributed by atoms with Crippen molar-refractivity contribution in [2.24, 2.45) is 0 Å². The van der Waals surface area contributed by atoms with Crippen LogP contribution >= 0.6 is 11.6 Å². The number of methoxy groups -OCH3 is 1. The molecule has 0 unspecified atom stereocenters. The van der Waals surface area contributed by atoms with Gasteiger partial charge in [0.1, 0.15) is 5.75 Å². The van der Waals surface area contributed by atoms with E-state index in [4.69, 9.17) is 16.3 Å². The van der Waals surface area contributed by atoms with Crippen LogP contribution in [-0.2, 0) is 4.79 Å². The van der Waals surface area contributed by atoms with Crippen LogP contribution in [0.15, 0.2) is 36.4 Å². The zero-order valence-corrected chi connectivity index (χ0v) is 17.7. The molecule has 154 valence electrons. The molecule has 7 nitrogen and oxygen atoms in total. The number of nitrogens with one attached hydrogen (secondary N) is 3. The summed E-state index contributed by atoms with van der Waals surface area (Å²) in [6.07, 6.45) is 0. The molecule has 2 aromatic carbocycles. The molecule has 0 aliphatic carbocycles. The van der Waals surface area contributed by atoms with Gasteiger partial charge in [-0.2, -0.15) is 0 Å². The lowest BCUT2D eigenvalue weighted by Gasteiger charge is -2.21. The first-order valence-corrected chi connectivity index (χ1v) is 9.27. The van der Waals surface area contributed by atoms with E-state index in [0.717, 1.165) is 0 Å². The van der Waals surface area contributed by atoms with Crippen molar-refractivity contribution in [1.82, 2.24) is 5.32 Å². The predicted octanol–water partition coefficient (Wildman–Crippen LogP) is 4.09. The Kier molecular flexibility index (Phi) is 6.87. The van der Waals surface area contributed by atoms with Crippen LogP contribution in [0.2, 0.25) is 5.02 Å². The van der Waals surface area contributed by atoms with Crippen LogP contribution in [0.4, 0.5) is 11.4 Å². The standard InChI is InChI=1S/C21H24ClN3O4/c1-12(26)23-17-11-18(29-5)14(10-15(17)22)19(27)24-16-9-7-6-8-13(16)20(28)25-21(2,3)4/h6-11H,1-5H3,(H,23,26)(H,24,27)(H,25,28). The van der Waals surface area contributed by atoms with Gasteiger partial charge in [-0.3, -0.25) is 14.4 Å². The first-order chi connectivity index (χ1) is 13.5. The molecule has 2 aromatic rings. The number of ether oxygens (including phenoxy) is 1. The van der Waals surface area contributed by atoms with Crippen LogP contribution in [0.5, 0.6) is 5.75 Å². The third kappa shape index (κ3) is 5.96. The van der Waals surface area contributed by atoms with Crippen molar-refractivity contribution in [2.45, 2.75) is 33.2 Å². The van der Waals surface area contributed by atoms with E-state index in [1.54, 1.807) is 24.3 Å². The molecule has 0 spiro atoms. The Morgan fingerprint density at radius 3 is 2.17 bits per heavy atom. The minimum Gasteiger partial charge on any atom is -0.496 e. The van der Waals surface area contributed by atoms with Crippen LogP contribution in [0, 0.1) is 0 Å². The molecule has 0 saturated carbocycles. The molecule has 3 N–H and O–H groups in total. The summed E-state index contributed by atoms with van der Waals surface area (Å²) in [6.45, 7) is 6.96. The monoisotopic (exact) mass is 417 g/mol. The normalized spacial score (nSPS) is 10.8. The van der Waals surface area contributed by atoms with Gasteiger partial charge in [0.15, 0.2) is 0 Å². The molecule has 2 rings (SSSR count). The molecule has 0 heterocycles. The molecule has 0 saturated heterocycles. The van der Waals surface area contributed by atoms with Crippen molar-refractivity contribution >= 4 is 40.7 Å². The molecule has 0 aromatic heterocycles. The Morgan fingerprint density at radius 1 is 0.931 bits per heavy atom. The minimum absolute atomic E-state index is 0.164. The first-order valence-electron chi connectivity index (χ1n) is 8.90. The van der Waals surface area contributed by atoms with Gasteiger partial charge >= 0.3 is 0 Å². The van der Waals surface area contributed by atoms with E-state index >= 15 is 0 Å². The summed E-state index contributed by atoms with van der Waals surface area (Å²) in [5, 5.41) is 8.36. The molecule has 29 heavy (non-hydrogen) atoms. The summed E-state index contributed by atoms with van der Waals surface area (Å²) >= 11 is 6.19. The fraction of sp³-hybridized carbons (Fsp3) is 0.286. The van der Waals surface area contributed by atoms with Crippen molar-refractivity contribution in [1.29, 1.82) is 0 Å². The van der Waals surface area contributed by atoms with Crippen LogP contribution < -0.4 is 20.7 Å². The van der Waals surface area contributed by atoms with Crippen molar-refractivity contribution < 1.29 is 19.1 Å². The van der Waals surface area contributed by atoms with Gasteiger partial charge in [-0.05, 0) is 39.0 Å². The number of amides is 3. The summed E-state index contributed by atoms with van der Waals surface area (Å²) in [7, 11) is 1.41. The van der Waals surface area contributed by atoms with E-state index < -0.39 is 11.4 Å². The summed E-state index contributed by atoms with van der Waals surface area (Å²) < 4.78 is 5.27.